The summed E-state index contributed by atoms with van der Waals surface area (Å²) >= 11 is 0. The van der Waals surface area contributed by atoms with Crippen molar-refractivity contribution in [2.45, 2.75) is 30.1 Å². The van der Waals surface area contributed by atoms with Gasteiger partial charge in [0, 0.05) is 13.1 Å². The Hall–Kier alpha value is -2.43. The lowest BCUT2D eigenvalue weighted by atomic mass is 10.00. The molecule has 0 saturated carbocycles. The molecule has 156 valence electrons. The summed E-state index contributed by atoms with van der Waals surface area (Å²) in [7, 11) is -4.06. The lowest BCUT2D eigenvalue weighted by Gasteiger charge is -2.29. The summed E-state index contributed by atoms with van der Waals surface area (Å²) in [6.45, 7) is -0.877. The molecule has 0 saturated heterocycles. The molecule has 3 rings (SSSR count). The summed E-state index contributed by atoms with van der Waals surface area (Å²) in [6, 6.07) is 11.8. The van der Waals surface area contributed by atoms with Gasteiger partial charge in [0.25, 0.3) is 0 Å². The van der Waals surface area contributed by atoms with Crippen molar-refractivity contribution in [2.24, 2.45) is 0 Å². The predicted molar refractivity (Wildman–Crippen MR) is 98.2 cm³/mol. The van der Waals surface area contributed by atoms with E-state index in [0.29, 0.717) is 21.6 Å². The molecule has 6 nitrogen and oxygen atoms in total. The standard InChI is InChI=1S/C19H19F3N2O4S/c20-19(21,22)18(26)24-9-8-13-6-7-16(10-15(13)11-24)29(27,28)23-17(12-25)14-4-2-1-3-5-14/h1-7,10,17,23,25H,8-9,11-12H2. The molecule has 0 bridgehead atoms. The molecule has 0 spiro atoms. The van der Waals surface area contributed by atoms with E-state index in [1.54, 1.807) is 30.3 Å². The zero-order valence-corrected chi connectivity index (χ0v) is 16.0. The van der Waals surface area contributed by atoms with Crippen LogP contribution in [-0.2, 0) is 27.8 Å². The summed E-state index contributed by atoms with van der Waals surface area (Å²) in [4.78, 5) is 12.0. The maximum absolute atomic E-state index is 12.8. The van der Waals surface area contributed by atoms with E-state index in [2.05, 4.69) is 4.72 Å². The highest BCUT2D eigenvalue weighted by Gasteiger charge is 2.43. The third kappa shape index (κ3) is 4.77. The lowest BCUT2D eigenvalue weighted by molar-refractivity contribution is -0.186. The van der Waals surface area contributed by atoms with Crippen LogP contribution in [0, 0.1) is 0 Å². The molecular weight excluding hydrogens is 409 g/mol. The van der Waals surface area contributed by atoms with Gasteiger partial charge in [0.15, 0.2) is 0 Å². The first-order valence-electron chi connectivity index (χ1n) is 8.78. The van der Waals surface area contributed by atoms with Crippen LogP contribution in [0.5, 0.6) is 0 Å². The van der Waals surface area contributed by atoms with Crippen molar-refractivity contribution >= 4 is 15.9 Å². The van der Waals surface area contributed by atoms with Crippen LogP contribution in [0.4, 0.5) is 13.2 Å². The summed E-state index contributed by atoms with van der Waals surface area (Å²) in [5.74, 6) is -1.95. The van der Waals surface area contributed by atoms with Crippen LogP contribution in [-0.4, -0.2) is 43.7 Å². The molecule has 1 unspecified atom stereocenters. The molecule has 2 N–H and O–H groups in total. The number of halogens is 3. The van der Waals surface area contributed by atoms with Gasteiger partial charge in [0.05, 0.1) is 17.5 Å². The number of nitrogens with zero attached hydrogens (tertiary/aromatic N) is 1. The van der Waals surface area contributed by atoms with Crippen molar-refractivity contribution in [1.29, 1.82) is 0 Å². The number of carbonyl (C=O) groups excluding carboxylic acids is 1. The van der Waals surface area contributed by atoms with Crippen molar-refractivity contribution in [3.05, 3.63) is 65.2 Å². The van der Waals surface area contributed by atoms with Crippen LogP contribution in [0.25, 0.3) is 0 Å². The molecule has 1 amide bonds. The molecule has 1 heterocycles. The molecule has 0 radical (unpaired) electrons. The number of nitrogens with one attached hydrogen (secondary N) is 1. The van der Waals surface area contributed by atoms with Gasteiger partial charge in [0.2, 0.25) is 10.0 Å². The number of carbonyl (C=O) groups is 1. The average molecular weight is 428 g/mol. The Morgan fingerprint density at radius 1 is 1.14 bits per heavy atom. The molecule has 1 atom stereocenters. The second kappa shape index (κ2) is 8.13. The molecule has 2 aromatic rings. The topological polar surface area (TPSA) is 86.7 Å². The van der Waals surface area contributed by atoms with Crippen molar-refractivity contribution in [1.82, 2.24) is 9.62 Å². The fourth-order valence-corrected chi connectivity index (χ4v) is 4.47. The van der Waals surface area contributed by atoms with Gasteiger partial charge in [-0.1, -0.05) is 36.4 Å². The summed E-state index contributed by atoms with van der Waals surface area (Å²) < 4.78 is 66.0. The molecular formula is C19H19F3N2O4S. The van der Waals surface area contributed by atoms with Crippen molar-refractivity contribution in [2.75, 3.05) is 13.2 Å². The highest BCUT2D eigenvalue weighted by molar-refractivity contribution is 7.89. The molecule has 1 aliphatic rings. The molecule has 0 aromatic heterocycles. The fraction of sp³-hybridized carbons (Fsp3) is 0.316. The Bertz CT molecular complexity index is 994. The number of aliphatic hydroxyl groups is 1. The van der Waals surface area contributed by atoms with Crippen LogP contribution < -0.4 is 4.72 Å². The smallest absolute Gasteiger partial charge is 0.394 e. The molecule has 2 aromatic carbocycles. The van der Waals surface area contributed by atoms with E-state index in [1.165, 1.54) is 18.2 Å². The van der Waals surface area contributed by atoms with Crippen molar-refractivity contribution < 1.29 is 31.5 Å². The Kier molecular flexibility index (Phi) is 5.97. The summed E-state index contributed by atoms with van der Waals surface area (Å²) in [5.41, 5.74) is 1.60. The average Bonchev–Trinajstić information content (AvgIpc) is 2.70. The Labute approximate surface area is 166 Å². The van der Waals surface area contributed by atoms with E-state index in [1.807, 2.05) is 0 Å². The molecule has 0 aliphatic carbocycles. The van der Waals surface area contributed by atoms with Gasteiger partial charge in [-0.25, -0.2) is 13.1 Å². The minimum Gasteiger partial charge on any atom is -0.394 e. The van der Waals surface area contributed by atoms with Gasteiger partial charge in [-0.15, -0.1) is 0 Å². The number of sulfonamides is 1. The second-order valence-corrected chi connectivity index (χ2v) is 8.39. The normalized spacial score (nSPS) is 15.7. The maximum Gasteiger partial charge on any atom is 0.471 e. The summed E-state index contributed by atoms with van der Waals surface area (Å²) in [6.07, 6.45) is -4.78. The van der Waals surface area contributed by atoms with Crippen molar-refractivity contribution in [3.63, 3.8) is 0 Å². The number of hydrogen-bond acceptors (Lipinski definition) is 4. The second-order valence-electron chi connectivity index (χ2n) is 6.67. The quantitative estimate of drug-likeness (QED) is 0.764. The molecule has 29 heavy (non-hydrogen) atoms. The Morgan fingerprint density at radius 2 is 1.83 bits per heavy atom. The number of hydrogen-bond donors (Lipinski definition) is 2. The number of alkyl halides is 3. The molecule has 0 fully saturated rings. The number of rotatable bonds is 5. The minimum absolute atomic E-state index is 0.0870. The van der Waals surface area contributed by atoms with Gasteiger partial charge in [-0.2, -0.15) is 13.2 Å². The van der Waals surface area contributed by atoms with Crippen LogP contribution in [0.1, 0.15) is 22.7 Å². The molecule has 1 aliphatic heterocycles. The third-order valence-electron chi connectivity index (χ3n) is 4.71. The maximum atomic E-state index is 12.8. The highest BCUT2D eigenvalue weighted by atomic mass is 32.2. The van der Waals surface area contributed by atoms with E-state index >= 15 is 0 Å². The zero-order chi connectivity index (χ0) is 21.2. The van der Waals surface area contributed by atoms with E-state index in [4.69, 9.17) is 0 Å². The number of amides is 1. The van der Waals surface area contributed by atoms with E-state index < -0.39 is 34.8 Å². The number of fused-ring (bicyclic) bond motifs is 1. The van der Waals surface area contributed by atoms with Crippen LogP contribution in [0.15, 0.2) is 53.4 Å². The van der Waals surface area contributed by atoms with E-state index in [9.17, 15) is 31.5 Å². The van der Waals surface area contributed by atoms with Crippen molar-refractivity contribution in [3.8, 4) is 0 Å². The predicted octanol–water partition coefficient (Wildman–Crippen LogP) is 2.15. The van der Waals surface area contributed by atoms with Gasteiger partial charge >= 0.3 is 12.1 Å². The lowest BCUT2D eigenvalue weighted by Crippen LogP contribution is -2.43. The van der Waals surface area contributed by atoms with Gasteiger partial charge < -0.3 is 10.0 Å². The van der Waals surface area contributed by atoms with E-state index in [0.717, 1.165) is 0 Å². The van der Waals surface area contributed by atoms with E-state index in [-0.39, 0.29) is 24.4 Å². The van der Waals surface area contributed by atoms with Gasteiger partial charge in [-0.3, -0.25) is 4.79 Å². The minimum atomic E-state index is -4.98. The van der Waals surface area contributed by atoms with Crippen LogP contribution >= 0.6 is 0 Å². The number of aliphatic hydroxyl groups excluding tert-OH is 1. The fourth-order valence-electron chi connectivity index (χ4n) is 3.20. The first-order valence-corrected chi connectivity index (χ1v) is 10.3. The summed E-state index contributed by atoms with van der Waals surface area (Å²) in [5, 5.41) is 9.58. The first kappa shape index (κ1) is 21.3. The SMILES string of the molecule is O=C(N1CCc2ccc(S(=O)(=O)NC(CO)c3ccccc3)cc2C1)C(F)(F)F. The highest BCUT2D eigenvalue weighted by Crippen LogP contribution is 2.27. The number of benzene rings is 2. The largest absolute Gasteiger partial charge is 0.471 e. The molecule has 10 heteroatoms. The van der Waals surface area contributed by atoms with Gasteiger partial charge in [-0.05, 0) is 35.2 Å². The zero-order valence-electron chi connectivity index (χ0n) is 15.2. The Morgan fingerprint density at radius 3 is 2.45 bits per heavy atom. The first-order chi connectivity index (χ1) is 13.6. The monoisotopic (exact) mass is 428 g/mol. The Balaban J connectivity index is 1.84. The van der Waals surface area contributed by atoms with Gasteiger partial charge in [0.1, 0.15) is 0 Å². The van der Waals surface area contributed by atoms with Crippen LogP contribution in [0.2, 0.25) is 0 Å². The van der Waals surface area contributed by atoms with Crippen LogP contribution in [0.3, 0.4) is 0 Å². The third-order valence-corrected chi connectivity index (χ3v) is 6.18.